The molecule has 3 N–H and O–H groups in total. The van der Waals surface area contributed by atoms with Crippen molar-refractivity contribution in [1.29, 1.82) is 0 Å². The Bertz CT molecular complexity index is 584. The molecular formula is C14H14F3NO4. The SMILES string of the molecule is O=C(O)C1(CNC(=O)C(O)(c2ccccc2)C(F)(F)F)CC1. The fourth-order valence-corrected chi connectivity index (χ4v) is 2.10. The third-order valence-corrected chi connectivity index (χ3v) is 3.82. The molecule has 0 aliphatic heterocycles. The van der Waals surface area contributed by atoms with Crippen LogP contribution in [-0.2, 0) is 15.2 Å². The van der Waals surface area contributed by atoms with Crippen molar-refractivity contribution in [3.63, 3.8) is 0 Å². The first-order valence-corrected chi connectivity index (χ1v) is 6.50. The molecule has 1 aromatic rings. The molecule has 0 radical (unpaired) electrons. The topological polar surface area (TPSA) is 86.6 Å². The minimum Gasteiger partial charge on any atom is -0.481 e. The van der Waals surface area contributed by atoms with Crippen LogP contribution in [0.2, 0.25) is 0 Å². The summed E-state index contributed by atoms with van der Waals surface area (Å²) in [6.07, 6.45) is -4.69. The second-order valence-corrected chi connectivity index (χ2v) is 5.34. The summed E-state index contributed by atoms with van der Waals surface area (Å²) in [5.74, 6) is -2.86. The van der Waals surface area contributed by atoms with Crippen LogP contribution in [0.4, 0.5) is 13.2 Å². The lowest BCUT2D eigenvalue weighted by atomic mass is 9.91. The zero-order valence-corrected chi connectivity index (χ0v) is 11.4. The third-order valence-electron chi connectivity index (χ3n) is 3.82. The monoisotopic (exact) mass is 317 g/mol. The number of hydrogen-bond acceptors (Lipinski definition) is 3. The molecule has 1 atom stereocenters. The second-order valence-electron chi connectivity index (χ2n) is 5.34. The Labute approximate surface area is 123 Å². The molecule has 0 heterocycles. The molecule has 2 rings (SSSR count). The van der Waals surface area contributed by atoms with E-state index in [1.54, 1.807) is 0 Å². The maximum Gasteiger partial charge on any atom is 0.430 e. The average Bonchev–Trinajstić information content (AvgIpc) is 3.25. The van der Waals surface area contributed by atoms with E-state index in [0.717, 1.165) is 12.1 Å². The van der Waals surface area contributed by atoms with Gasteiger partial charge in [-0.25, -0.2) is 0 Å². The first-order valence-electron chi connectivity index (χ1n) is 6.50. The molecule has 8 heteroatoms. The van der Waals surface area contributed by atoms with Crippen LogP contribution in [0.25, 0.3) is 0 Å². The van der Waals surface area contributed by atoms with E-state index in [2.05, 4.69) is 0 Å². The average molecular weight is 317 g/mol. The summed E-state index contributed by atoms with van der Waals surface area (Å²) in [5.41, 5.74) is -5.57. The highest BCUT2D eigenvalue weighted by Crippen LogP contribution is 2.46. The Balaban J connectivity index is 2.24. The number of carboxylic acids is 1. The normalized spacial score (nSPS) is 19.1. The lowest BCUT2D eigenvalue weighted by Gasteiger charge is -2.30. The predicted octanol–water partition coefficient (Wildman–Crippen LogP) is 1.42. The number of aliphatic carboxylic acids is 1. The summed E-state index contributed by atoms with van der Waals surface area (Å²) < 4.78 is 39.6. The van der Waals surface area contributed by atoms with E-state index in [1.807, 2.05) is 5.32 Å². The Morgan fingerprint density at radius 2 is 1.73 bits per heavy atom. The number of hydrogen-bond donors (Lipinski definition) is 3. The number of rotatable bonds is 5. The van der Waals surface area contributed by atoms with Gasteiger partial charge in [0, 0.05) is 12.1 Å². The molecule has 0 saturated heterocycles. The van der Waals surface area contributed by atoms with E-state index < -0.39 is 41.2 Å². The maximum atomic E-state index is 13.2. The smallest absolute Gasteiger partial charge is 0.430 e. The van der Waals surface area contributed by atoms with Gasteiger partial charge >= 0.3 is 12.1 Å². The van der Waals surface area contributed by atoms with Gasteiger partial charge < -0.3 is 15.5 Å². The molecular weight excluding hydrogens is 303 g/mol. The van der Waals surface area contributed by atoms with Gasteiger partial charge in [-0.3, -0.25) is 9.59 Å². The fraction of sp³-hybridized carbons (Fsp3) is 0.429. The molecule has 1 aromatic carbocycles. The van der Waals surface area contributed by atoms with Gasteiger partial charge in [0.2, 0.25) is 0 Å². The minimum atomic E-state index is -5.24. The van der Waals surface area contributed by atoms with Gasteiger partial charge in [-0.1, -0.05) is 30.3 Å². The van der Waals surface area contributed by atoms with E-state index in [4.69, 9.17) is 5.11 Å². The molecule has 0 aromatic heterocycles. The van der Waals surface area contributed by atoms with Gasteiger partial charge in [0.1, 0.15) is 0 Å². The van der Waals surface area contributed by atoms with Crippen LogP contribution in [0, 0.1) is 5.41 Å². The van der Waals surface area contributed by atoms with Crippen molar-refractivity contribution in [1.82, 2.24) is 5.32 Å². The van der Waals surface area contributed by atoms with Crippen LogP contribution < -0.4 is 5.32 Å². The third kappa shape index (κ3) is 2.66. The lowest BCUT2D eigenvalue weighted by Crippen LogP contribution is -2.55. The first-order chi connectivity index (χ1) is 10.1. The summed E-state index contributed by atoms with van der Waals surface area (Å²) in [6, 6.07) is 5.94. The quantitative estimate of drug-likeness (QED) is 0.766. The number of benzene rings is 1. The molecule has 1 unspecified atom stereocenters. The Morgan fingerprint density at radius 3 is 2.14 bits per heavy atom. The number of carbonyl (C=O) groups is 2. The molecule has 1 aliphatic rings. The molecule has 1 amide bonds. The summed E-state index contributed by atoms with van der Waals surface area (Å²) >= 11 is 0. The van der Waals surface area contributed by atoms with Crippen molar-refractivity contribution in [2.75, 3.05) is 6.54 Å². The van der Waals surface area contributed by atoms with Gasteiger partial charge in [0.05, 0.1) is 5.41 Å². The van der Waals surface area contributed by atoms with E-state index in [9.17, 15) is 27.9 Å². The number of nitrogens with one attached hydrogen (secondary N) is 1. The number of carboxylic acid groups (broad SMARTS) is 1. The van der Waals surface area contributed by atoms with Crippen molar-refractivity contribution in [2.45, 2.75) is 24.6 Å². The van der Waals surface area contributed by atoms with E-state index in [-0.39, 0.29) is 12.8 Å². The van der Waals surface area contributed by atoms with Crippen LogP contribution in [0.3, 0.4) is 0 Å². The highest BCUT2D eigenvalue weighted by molar-refractivity contribution is 5.88. The summed E-state index contributed by atoms with van der Waals surface area (Å²) in [4.78, 5) is 22.9. The van der Waals surface area contributed by atoms with Crippen molar-refractivity contribution in [3.05, 3.63) is 35.9 Å². The largest absolute Gasteiger partial charge is 0.481 e. The van der Waals surface area contributed by atoms with Crippen molar-refractivity contribution < 1.29 is 33.0 Å². The molecule has 5 nitrogen and oxygen atoms in total. The summed E-state index contributed by atoms with van der Waals surface area (Å²) in [6.45, 7) is -0.452. The van der Waals surface area contributed by atoms with Gasteiger partial charge in [-0.15, -0.1) is 0 Å². The zero-order valence-electron chi connectivity index (χ0n) is 11.4. The molecule has 1 saturated carbocycles. The van der Waals surface area contributed by atoms with E-state index in [0.29, 0.717) is 0 Å². The molecule has 0 bridgehead atoms. The summed E-state index contributed by atoms with van der Waals surface area (Å²) in [5, 5.41) is 20.8. The van der Waals surface area contributed by atoms with Gasteiger partial charge in [0.15, 0.2) is 0 Å². The number of alkyl halides is 3. The molecule has 1 aliphatic carbocycles. The van der Waals surface area contributed by atoms with Crippen LogP contribution in [0.5, 0.6) is 0 Å². The Hall–Kier alpha value is -2.09. The number of aliphatic hydroxyl groups is 1. The molecule has 120 valence electrons. The fourth-order valence-electron chi connectivity index (χ4n) is 2.10. The number of carbonyl (C=O) groups excluding carboxylic acids is 1. The van der Waals surface area contributed by atoms with Gasteiger partial charge in [0.25, 0.3) is 11.5 Å². The van der Waals surface area contributed by atoms with Gasteiger partial charge in [-0.05, 0) is 12.8 Å². The molecule has 0 spiro atoms. The first kappa shape index (κ1) is 16.3. The lowest BCUT2D eigenvalue weighted by molar-refractivity contribution is -0.257. The van der Waals surface area contributed by atoms with Crippen LogP contribution in [-0.4, -0.2) is 34.8 Å². The minimum absolute atomic E-state index is 0.276. The van der Waals surface area contributed by atoms with Crippen molar-refractivity contribution in [2.24, 2.45) is 5.41 Å². The molecule has 1 fully saturated rings. The molecule has 22 heavy (non-hydrogen) atoms. The van der Waals surface area contributed by atoms with E-state index in [1.165, 1.54) is 18.2 Å². The summed E-state index contributed by atoms with van der Waals surface area (Å²) in [7, 11) is 0. The van der Waals surface area contributed by atoms with Crippen molar-refractivity contribution in [3.8, 4) is 0 Å². The highest BCUT2D eigenvalue weighted by Gasteiger charge is 2.61. The second kappa shape index (κ2) is 5.28. The number of amides is 1. The van der Waals surface area contributed by atoms with Crippen LogP contribution >= 0.6 is 0 Å². The standard InChI is InChI=1S/C14H14F3NO4/c15-14(16,17)13(22,9-4-2-1-3-5-9)10(19)18-8-12(6-7-12)11(20)21/h1-5,22H,6-8H2,(H,18,19)(H,20,21). The van der Waals surface area contributed by atoms with E-state index >= 15 is 0 Å². The van der Waals surface area contributed by atoms with Crippen molar-refractivity contribution >= 4 is 11.9 Å². The highest BCUT2D eigenvalue weighted by atomic mass is 19.4. The van der Waals surface area contributed by atoms with Crippen LogP contribution in [0.15, 0.2) is 30.3 Å². The maximum absolute atomic E-state index is 13.2. The van der Waals surface area contributed by atoms with Crippen LogP contribution in [0.1, 0.15) is 18.4 Å². The predicted molar refractivity (Wildman–Crippen MR) is 68.7 cm³/mol. The Morgan fingerprint density at radius 1 is 1.18 bits per heavy atom. The Kier molecular flexibility index (Phi) is 3.90. The zero-order chi connectivity index (χ0) is 16.6. The van der Waals surface area contributed by atoms with Gasteiger partial charge in [-0.2, -0.15) is 13.2 Å². The number of halogens is 3.